The molecule has 0 bridgehead atoms. The van der Waals surface area contributed by atoms with Crippen LogP contribution in [0.15, 0.2) is 57.6 Å². The highest BCUT2D eigenvalue weighted by atomic mass is 32.2. The number of hydrazone groups is 1. The molecule has 0 saturated carbocycles. The minimum atomic E-state index is -0.733. The van der Waals surface area contributed by atoms with E-state index in [0.717, 1.165) is 27.7 Å². The zero-order valence-electron chi connectivity index (χ0n) is 13.1. The Morgan fingerprint density at radius 2 is 2.04 bits per heavy atom. The van der Waals surface area contributed by atoms with Gasteiger partial charge in [0, 0.05) is 29.6 Å². The molecule has 25 heavy (non-hydrogen) atoms. The molecule has 0 aliphatic carbocycles. The van der Waals surface area contributed by atoms with Gasteiger partial charge in [-0.15, -0.1) is 0 Å². The van der Waals surface area contributed by atoms with Crippen molar-refractivity contribution in [3.63, 3.8) is 0 Å². The molecule has 0 amide bonds. The van der Waals surface area contributed by atoms with Crippen LogP contribution in [0.2, 0.25) is 0 Å². The molecule has 9 heteroatoms. The Morgan fingerprint density at radius 1 is 1.28 bits per heavy atom. The normalized spacial score (nSPS) is 14.9. The van der Waals surface area contributed by atoms with E-state index in [2.05, 4.69) is 10.5 Å². The Bertz CT molecular complexity index is 898. The fourth-order valence-corrected chi connectivity index (χ4v) is 3.31. The van der Waals surface area contributed by atoms with Crippen molar-refractivity contribution in [2.75, 3.05) is 11.9 Å². The summed E-state index contributed by atoms with van der Waals surface area (Å²) in [5.41, 5.74) is 3.44. The van der Waals surface area contributed by atoms with Crippen molar-refractivity contribution in [2.24, 2.45) is 5.10 Å². The molecule has 0 unspecified atom stereocenters. The van der Waals surface area contributed by atoms with Crippen LogP contribution in [-0.4, -0.2) is 28.4 Å². The third-order valence-corrected chi connectivity index (χ3v) is 4.72. The average molecular weight is 358 g/mol. The Labute approximate surface area is 147 Å². The third-order valence-electron chi connectivity index (χ3n) is 3.56. The van der Waals surface area contributed by atoms with Crippen molar-refractivity contribution in [2.45, 2.75) is 4.90 Å². The molecule has 0 saturated heterocycles. The lowest BCUT2D eigenvalue weighted by Gasteiger charge is -2.12. The molecule has 0 spiro atoms. The molecule has 1 aliphatic rings. The van der Waals surface area contributed by atoms with E-state index in [0.29, 0.717) is 0 Å². The molecule has 128 valence electrons. The van der Waals surface area contributed by atoms with Crippen LogP contribution in [-0.2, 0) is 0 Å². The number of rotatable bonds is 4. The fourth-order valence-electron chi connectivity index (χ4n) is 2.28. The smallest absolute Gasteiger partial charge is 0.311 e. The number of aromatic hydroxyl groups is 2. The van der Waals surface area contributed by atoms with Gasteiger partial charge in [-0.2, -0.15) is 5.10 Å². The van der Waals surface area contributed by atoms with Crippen LogP contribution >= 0.6 is 11.8 Å². The molecule has 3 N–H and O–H groups in total. The van der Waals surface area contributed by atoms with E-state index in [1.807, 2.05) is 36.2 Å². The van der Waals surface area contributed by atoms with Crippen LogP contribution in [0.5, 0.6) is 11.5 Å². The molecule has 0 fully saturated rings. The number of para-hydroxylation sites is 1. The molecular formula is C16H14N4O4S. The number of hydrogen-bond donors (Lipinski definition) is 3. The molecule has 2 aromatic rings. The lowest BCUT2D eigenvalue weighted by Crippen LogP contribution is -2.11. The van der Waals surface area contributed by atoms with Crippen molar-refractivity contribution in [1.29, 1.82) is 0 Å². The number of nitrogens with zero attached hydrogens (tertiary/aromatic N) is 3. The molecule has 0 atom stereocenters. The number of thioether (sulfide) groups is 1. The van der Waals surface area contributed by atoms with Crippen LogP contribution in [0.1, 0.15) is 5.56 Å². The van der Waals surface area contributed by atoms with Crippen molar-refractivity contribution >= 4 is 29.4 Å². The summed E-state index contributed by atoms with van der Waals surface area (Å²) in [5.74, 6) is -0.905. The summed E-state index contributed by atoms with van der Waals surface area (Å²) in [6.45, 7) is 0. The van der Waals surface area contributed by atoms with Gasteiger partial charge in [0.1, 0.15) is 5.75 Å². The Hall–Kier alpha value is -3.20. The van der Waals surface area contributed by atoms with E-state index in [9.17, 15) is 20.3 Å². The van der Waals surface area contributed by atoms with Crippen LogP contribution in [0, 0.1) is 10.1 Å². The number of anilines is 1. The first-order valence-electron chi connectivity index (χ1n) is 7.17. The van der Waals surface area contributed by atoms with Crippen LogP contribution in [0.25, 0.3) is 0 Å². The summed E-state index contributed by atoms with van der Waals surface area (Å²) in [4.78, 5) is 13.2. The maximum absolute atomic E-state index is 10.8. The van der Waals surface area contributed by atoms with Gasteiger partial charge in [-0.25, -0.2) is 0 Å². The maximum Gasteiger partial charge on any atom is 0.311 e. The number of phenolic OH excluding ortho intramolecular Hbond substituents is 2. The number of nitro benzene ring substituents is 1. The number of nitrogens with one attached hydrogen (secondary N) is 1. The van der Waals surface area contributed by atoms with Crippen LogP contribution in [0.3, 0.4) is 0 Å². The lowest BCUT2D eigenvalue weighted by atomic mass is 10.2. The van der Waals surface area contributed by atoms with Gasteiger partial charge < -0.3 is 15.1 Å². The Balaban J connectivity index is 1.73. The standard InChI is InChI=1S/C16H14N4O4S/c1-19-11-4-2-3-5-15(11)25-16(19)9-18-17-8-10-6-12(20(23)24)14(22)7-13(10)21/h2-9,18,21-22H,1H3/b16-9-,17-8-. The Kier molecular flexibility index (Phi) is 4.48. The summed E-state index contributed by atoms with van der Waals surface area (Å²) < 4.78 is 0. The number of nitro groups is 1. The predicted molar refractivity (Wildman–Crippen MR) is 95.9 cm³/mol. The van der Waals surface area contributed by atoms with E-state index in [4.69, 9.17) is 0 Å². The first-order valence-corrected chi connectivity index (χ1v) is 7.99. The summed E-state index contributed by atoms with van der Waals surface area (Å²) >= 11 is 1.58. The number of phenols is 2. The summed E-state index contributed by atoms with van der Waals surface area (Å²) in [6.07, 6.45) is 2.93. The minimum Gasteiger partial charge on any atom is -0.507 e. The first-order chi connectivity index (χ1) is 12.0. The van der Waals surface area contributed by atoms with Crippen LogP contribution < -0.4 is 10.3 Å². The van der Waals surface area contributed by atoms with Gasteiger partial charge in [-0.1, -0.05) is 23.9 Å². The fraction of sp³-hybridized carbons (Fsp3) is 0.0625. The topological polar surface area (TPSA) is 111 Å². The highest BCUT2D eigenvalue weighted by molar-refractivity contribution is 8.03. The monoisotopic (exact) mass is 358 g/mol. The molecule has 0 aromatic heterocycles. The third kappa shape index (κ3) is 3.36. The zero-order chi connectivity index (χ0) is 18.0. The van der Waals surface area contributed by atoms with Crippen molar-refractivity contribution in [3.8, 4) is 11.5 Å². The Morgan fingerprint density at radius 3 is 2.76 bits per heavy atom. The highest BCUT2D eigenvalue weighted by Gasteiger charge is 2.21. The molecule has 1 aliphatic heterocycles. The second-order valence-electron chi connectivity index (χ2n) is 5.16. The second kappa shape index (κ2) is 6.73. The van der Waals surface area contributed by atoms with Crippen LogP contribution in [0.4, 0.5) is 11.4 Å². The van der Waals surface area contributed by atoms with Gasteiger partial charge in [-0.3, -0.25) is 15.5 Å². The van der Waals surface area contributed by atoms with Gasteiger partial charge in [0.15, 0.2) is 5.75 Å². The van der Waals surface area contributed by atoms with Crippen molar-refractivity contribution < 1.29 is 15.1 Å². The van der Waals surface area contributed by atoms with Gasteiger partial charge in [0.25, 0.3) is 0 Å². The van der Waals surface area contributed by atoms with Crippen molar-refractivity contribution in [3.05, 3.63) is 63.3 Å². The van der Waals surface area contributed by atoms with E-state index in [1.165, 1.54) is 6.21 Å². The quantitative estimate of drug-likeness (QED) is 0.438. The molecule has 0 radical (unpaired) electrons. The molecule has 1 heterocycles. The molecule has 2 aromatic carbocycles. The zero-order valence-corrected chi connectivity index (χ0v) is 13.9. The van der Waals surface area contributed by atoms with Gasteiger partial charge in [0.05, 0.1) is 28.1 Å². The maximum atomic E-state index is 10.8. The lowest BCUT2D eigenvalue weighted by molar-refractivity contribution is -0.385. The van der Waals surface area contributed by atoms with E-state index < -0.39 is 16.4 Å². The van der Waals surface area contributed by atoms with Gasteiger partial charge >= 0.3 is 5.69 Å². The largest absolute Gasteiger partial charge is 0.507 e. The van der Waals surface area contributed by atoms with E-state index >= 15 is 0 Å². The number of hydrogen-bond acceptors (Lipinski definition) is 8. The second-order valence-corrected chi connectivity index (χ2v) is 6.22. The average Bonchev–Trinajstić information content (AvgIpc) is 2.89. The summed E-state index contributed by atoms with van der Waals surface area (Å²) in [7, 11) is 1.94. The van der Waals surface area contributed by atoms with E-state index in [1.54, 1.807) is 18.0 Å². The van der Waals surface area contributed by atoms with E-state index in [-0.39, 0.29) is 11.3 Å². The molecule has 3 rings (SSSR count). The summed E-state index contributed by atoms with van der Waals surface area (Å²) in [6, 6.07) is 9.93. The SMILES string of the molecule is CN1/C(=C/N/N=C\c2cc([N+](=O)[O-])c(O)cc2O)Sc2ccccc21. The molecular weight excluding hydrogens is 344 g/mol. The van der Waals surface area contributed by atoms with Gasteiger partial charge in [0.2, 0.25) is 0 Å². The summed E-state index contributed by atoms with van der Waals surface area (Å²) in [5, 5.41) is 34.9. The van der Waals surface area contributed by atoms with Crippen molar-refractivity contribution in [1.82, 2.24) is 5.43 Å². The minimum absolute atomic E-state index is 0.117. The predicted octanol–water partition coefficient (Wildman–Crippen LogP) is 2.97. The number of benzene rings is 2. The first kappa shape index (κ1) is 16.7. The molecule has 8 nitrogen and oxygen atoms in total. The number of fused-ring (bicyclic) bond motifs is 1. The highest BCUT2D eigenvalue weighted by Crippen LogP contribution is 2.44. The van der Waals surface area contributed by atoms with Gasteiger partial charge in [-0.05, 0) is 12.1 Å².